The Morgan fingerprint density at radius 2 is 1.74 bits per heavy atom. The summed E-state index contributed by atoms with van der Waals surface area (Å²) in [4.78, 5) is 0. The van der Waals surface area contributed by atoms with Crippen LogP contribution in [-0.2, 0) is 6.42 Å². The lowest BCUT2D eigenvalue weighted by Crippen LogP contribution is -2.29. The third-order valence-electron chi connectivity index (χ3n) is 4.07. The van der Waals surface area contributed by atoms with Crippen molar-refractivity contribution in [3.05, 3.63) is 23.3 Å². The topological polar surface area (TPSA) is 40.5 Å². The molecule has 1 atom stereocenters. The molecule has 1 rings (SSSR count). The van der Waals surface area contributed by atoms with E-state index in [2.05, 4.69) is 33.5 Å². The number of unbranched alkanes of at least 4 members (excludes halogenated alkanes) is 2. The molecule has 0 radical (unpaired) electrons. The first-order chi connectivity index (χ1) is 8.79. The predicted octanol–water partition coefficient (Wildman–Crippen LogP) is 4.81. The van der Waals surface area contributed by atoms with Gasteiger partial charge in [0.2, 0.25) is 0 Å². The van der Waals surface area contributed by atoms with Crippen LogP contribution in [0, 0.1) is 0 Å². The van der Waals surface area contributed by atoms with Gasteiger partial charge in [-0.15, -0.1) is 0 Å². The number of aromatic hydroxyl groups is 2. The summed E-state index contributed by atoms with van der Waals surface area (Å²) in [6.45, 7) is 11.3. The number of aryl methyl sites for hydroxylation is 1. The average Bonchev–Trinajstić information content (AvgIpc) is 2.32. The molecular formula is C16H28O2Si. The molecule has 0 aliphatic carbocycles. The van der Waals surface area contributed by atoms with Gasteiger partial charge < -0.3 is 10.2 Å². The zero-order valence-corrected chi connectivity index (χ0v) is 14.0. The van der Waals surface area contributed by atoms with E-state index >= 15 is 0 Å². The molecule has 2 nitrogen and oxygen atoms in total. The number of benzene rings is 1. The molecule has 0 heterocycles. The lowest BCUT2D eigenvalue weighted by Gasteiger charge is -2.28. The summed E-state index contributed by atoms with van der Waals surface area (Å²) >= 11 is 0. The number of phenolic OH excluding ortho intramolecular Hbond substituents is 2. The van der Waals surface area contributed by atoms with Gasteiger partial charge in [0.15, 0.2) is 11.5 Å². The van der Waals surface area contributed by atoms with Gasteiger partial charge in [-0.05, 0) is 30.0 Å². The van der Waals surface area contributed by atoms with Crippen molar-refractivity contribution in [2.45, 2.75) is 64.7 Å². The number of hydrogen-bond donors (Lipinski definition) is 2. The zero-order valence-electron chi connectivity index (χ0n) is 13.0. The van der Waals surface area contributed by atoms with E-state index in [0.717, 1.165) is 18.4 Å². The summed E-state index contributed by atoms with van der Waals surface area (Å²) in [5.41, 5.74) is 2.53. The smallest absolute Gasteiger partial charge is 0.160 e. The monoisotopic (exact) mass is 280 g/mol. The average molecular weight is 280 g/mol. The highest BCUT2D eigenvalue weighted by Gasteiger charge is 2.29. The molecule has 0 saturated carbocycles. The molecule has 1 aromatic rings. The maximum atomic E-state index is 10.2. The summed E-state index contributed by atoms with van der Waals surface area (Å²) in [6, 6.07) is 3.60. The minimum Gasteiger partial charge on any atom is -0.504 e. The Bertz CT molecular complexity index is 421. The van der Waals surface area contributed by atoms with Gasteiger partial charge in [0.1, 0.15) is 0 Å². The molecule has 1 aromatic carbocycles. The van der Waals surface area contributed by atoms with Gasteiger partial charge in [-0.3, -0.25) is 0 Å². The van der Waals surface area contributed by atoms with Gasteiger partial charge in [0.05, 0.1) is 8.07 Å². The Hall–Kier alpha value is -0.963. The van der Waals surface area contributed by atoms with Gasteiger partial charge in [0, 0.05) is 5.56 Å². The molecule has 0 aromatic heterocycles. The minimum absolute atomic E-state index is 0.0133. The number of hydrogen-bond acceptors (Lipinski definition) is 2. The van der Waals surface area contributed by atoms with Crippen LogP contribution in [0.15, 0.2) is 12.1 Å². The van der Waals surface area contributed by atoms with Crippen molar-refractivity contribution in [2.24, 2.45) is 0 Å². The Kier molecular flexibility index (Phi) is 5.47. The molecule has 0 aliphatic rings. The first-order valence-electron chi connectivity index (χ1n) is 7.32. The summed E-state index contributed by atoms with van der Waals surface area (Å²) in [6.07, 6.45) is 4.54. The van der Waals surface area contributed by atoms with Crippen LogP contribution in [0.5, 0.6) is 11.5 Å². The minimum atomic E-state index is -1.41. The molecule has 3 heteroatoms. The molecule has 1 unspecified atom stereocenters. The van der Waals surface area contributed by atoms with Crippen LogP contribution < -0.4 is 0 Å². The zero-order chi connectivity index (χ0) is 14.6. The van der Waals surface area contributed by atoms with Crippen molar-refractivity contribution in [1.82, 2.24) is 0 Å². The fourth-order valence-electron chi connectivity index (χ4n) is 2.34. The van der Waals surface area contributed by atoms with Gasteiger partial charge in [-0.2, -0.15) is 0 Å². The Balaban J connectivity index is 3.14. The van der Waals surface area contributed by atoms with Gasteiger partial charge in [0.25, 0.3) is 0 Å². The first kappa shape index (κ1) is 16.1. The lowest BCUT2D eigenvalue weighted by atomic mass is 9.98. The van der Waals surface area contributed by atoms with Gasteiger partial charge >= 0.3 is 0 Å². The molecule has 0 spiro atoms. The van der Waals surface area contributed by atoms with E-state index in [-0.39, 0.29) is 11.5 Å². The third kappa shape index (κ3) is 4.00. The van der Waals surface area contributed by atoms with Crippen molar-refractivity contribution in [1.29, 1.82) is 0 Å². The maximum Gasteiger partial charge on any atom is 0.160 e. The lowest BCUT2D eigenvalue weighted by molar-refractivity contribution is 0.398. The van der Waals surface area contributed by atoms with Crippen LogP contribution in [0.25, 0.3) is 0 Å². The second-order valence-corrected chi connectivity index (χ2v) is 12.1. The SMILES string of the molecule is CCCCCc1ccc(O)c(O)c1C(C)[Si](C)(C)C. The number of phenols is 2. The fraction of sp³-hybridized carbons (Fsp3) is 0.625. The van der Waals surface area contributed by atoms with Gasteiger partial charge in [-0.1, -0.05) is 52.4 Å². The van der Waals surface area contributed by atoms with Crippen molar-refractivity contribution >= 4 is 8.07 Å². The molecule has 2 N–H and O–H groups in total. The van der Waals surface area contributed by atoms with Crippen LogP contribution in [0.1, 0.15) is 49.8 Å². The highest BCUT2D eigenvalue weighted by Crippen LogP contribution is 2.40. The van der Waals surface area contributed by atoms with Crippen LogP contribution in [0.3, 0.4) is 0 Å². The normalized spacial score (nSPS) is 13.5. The van der Waals surface area contributed by atoms with Crippen LogP contribution >= 0.6 is 0 Å². The predicted molar refractivity (Wildman–Crippen MR) is 84.8 cm³/mol. The van der Waals surface area contributed by atoms with E-state index in [0.29, 0.717) is 5.54 Å². The van der Waals surface area contributed by atoms with Crippen LogP contribution in [0.4, 0.5) is 0 Å². The van der Waals surface area contributed by atoms with E-state index < -0.39 is 8.07 Å². The van der Waals surface area contributed by atoms with Crippen LogP contribution in [0.2, 0.25) is 19.6 Å². The van der Waals surface area contributed by atoms with E-state index in [1.807, 2.05) is 6.07 Å². The summed E-state index contributed by atoms with van der Waals surface area (Å²) in [7, 11) is -1.41. The van der Waals surface area contributed by atoms with Crippen molar-refractivity contribution < 1.29 is 10.2 Å². The second-order valence-electron chi connectivity index (χ2n) is 6.55. The highest BCUT2D eigenvalue weighted by atomic mass is 28.3. The van der Waals surface area contributed by atoms with Crippen LogP contribution in [-0.4, -0.2) is 18.3 Å². The summed E-state index contributed by atoms with van der Waals surface area (Å²) in [5, 5.41) is 20.0. The summed E-state index contributed by atoms with van der Waals surface area (Å²) < 4.78 is 0. The molecule has 0 bridgehead atoms. The van der Waals surface area contributed by atoms with E-state index in [4.69, 9.17) is 0 Å². The van der Waals surface area contributed by atoms with E-state index in [1.54, 1.807) is 6.07 Å². The van der Waals surface area contributed by atoms with Crippen molar-refractivity contribution in [3.8, 4) is 11.5 Å². The first-order valence-corrected chi connectivity index (χ1v) is 10.9. The maximum absolute atomic E-state index is 10.2. The van der Waals surface area contributed by atoms with E-state index in [1.165, 1.54) is 18.4 Å². The second kappa shape index (κ2) is 6.46. The molecular weight excluding hydrogens is 252 g/mol. The molecule has 0 amide bonds. The highest BCUT2D eigenvalue weighted by molar-refractivity contribution is 6.77. The molecule has 0 fully saturated rings. The molecule has 108 valence electrons. The molecule has 0 saturated heterocycles. The number of rotatable bonds is 6. The Labute approximate surface area is 118 Å². The third-order valence-corrected chi connectivity index (χ3v) is 6.95. The molecule has 19 heavy (non-hydrogen) atoms. The van der Waals surface area contributed by atoms with Gasteiger partial charge in [-0.25, -0.2) is 0 Å². The van der Waals surface area contributed by atoms with E-state index in [9.17, 15) is 10.2 Å². The standard InChI is InChI=1S/C16H28O2Si/c1-6-7-8-9-13-10-11-14(17)16(18)15(13)12(2)19(3,4)5/h10-12,17-18H,6-9H2,1-5H3. The fourth-order valence-corrected chi connectivity index (χ4v) is 3.53. The quantitative estimate of drug-likeness (QED) is 0.446. The summed E-state index contributed by atoms with van der Waals surface area (Å²) in [5.74, 6) is 0.114. The Morgan fingerprint density at radius 3 is 2.26 bits per heavy atom. The van der Waals surface area contributed by atoms with Crippen molar-refractivity contribution in [2.75, 3.05) is 0 Å². The largest absolute Gasteiger partial charge is 0.504 e. The molecule has 0 aliphatic heterocycles. The van der Waals surface area contributed by atoms with Crippen molar-refractivity contribution in [3.63, 3.8) is 0 Å². The Morgan fingerprint density at radius 1 is 1.11 bits per heavy atom.